The van der Waals surface area contributed by atoms with Gasteiger partial charge >= 0.3 is 5.63 Å². The largest absolute Gasteiger partial charge is 0.484 e. The number of hydrazine groups is 1. The van der Waals surface area contributed by atoms with Crippen LogP contribution >= 0.6 is 0 Å². The second kappa shape index (κ2) is 8.95. The molecule has 4 aromatic rings. The summed E-state index contributed by atoms with van der Waals surface area (Å²) in [5.41, 5.74) is 5.37. The fourth-order valence-corrected chi connectivity index (χ4v) is 3.42. The van der Waals surface area contributed by atoms with Crippen LogP contribution in [0, 0.1) is 6.92 Å². The van der Waals surface area contributed by atoms with Gasteiger partial charge in [0.05, 0.1) is 17.5 Å². The lowest BCUT2D eigenvalue weighted by atomic mass is 10.1. The summed E-state index contributed by atoms with van der Waals surface area (Å²) in [7, 11) is 1.51. The number of amides is 2. The van der Waals surface area contributed by atoms with Crippen LogP contribution in [0.5, 0.6) is 5.75 Å². The van der Waals surface area contributed by atoms with E-state index in [-0.39, 0.29) is 18.6 Å². The van der Waals surface area contributed by atoms with Crippen molar-refractivity contribution in [2.24, 2.45) is 7.05 Å². The Bertz CT molecular complexity index is 1500. The van der Waals surface area contributed by atoms with Crippen LogP contribution in [0.2, 0.25) is 0 Å². The minimum Gasteiger partial charge on any atom is -0.484 e. The molecule has 2 amide bonds. The zero-order valence-corrected chi connectivity index (χ0v) is 17.9. The van der Waals surface area contributed by atoms with E-state index in [9.17, 15) is 19.2 Å². The summed E-state index contributed by atoms with van der Waals surface area (Å²) < 4.78 is 11.7. The van der Waals surface area contributed by atoms with Gasteiger partial charge in [-0.1, -0.05) is 18.2 Å². The predicted octanol–water partition coefficient (Wildman–Crippen LogP) is 1.12. The smallest absolute Gasteiger partial charge is 0.336 e. The van der Waals surface area contributed by atoms with Gasteiger partial charge in [0.25, 0.3) is 11.5 Å². The molecule has 2 heterocycles. The van der Waals surface area contributed by atoms with E-state index in [1.165, 1.54) is 23.9 Å². The van der Waals surface area contributed by atoms with Crippen LogP contribution in [0.4, 0.5) is 0 Å². The van der Waals surface area contributed by atoms with Gasteiger partial charge in [0, 0.05) is 30.0 Å². The number of nitrogens with zero attached hydrogens (tertiary/aromatic N) is 2. The number of fused-ring (bicyclic) bond motifs is 2. The molecule has 0 aliphatic carbocycles. The maximum Gasteiger partial charge on any atom is 0.336 e. The van der Waals surface area contributed by atoms with Gasteiger partial charge in [0.2, 0.25) is 5.91 Å². The molecular weight excluding hydrogens is 428 g/mol. The van der Waals surface area contributed by atoms with Gasteiger partial charge in [0.15, 0.2) is 6.61 Å². The minimum atomic E-state index is -0.590. The third-order valence-corrected chi connectivity index (χ3v) is 5.00. The molecule has 0 fully saturated rings. The topological polar surface area (TPSA) is 133 Å². The van der Waals surface area contributed by atoms with Crippen LogP contribution in [0.25, 0.3) is 21.7 Å². The normalized spacial score (nSPS) is 10.8. The van der Waals surface area contributed by atoms with Crippen LogP contribution in [0.1, 0.15) is 11.3 Å². The summed E-state index contributed by atoms with van der Waals surface area (Å²) in [6, 6.07) is 13.2. The zero-order valence-electron chi connectivity index (χ0n) is 17.9. The summed E-state index contributed by atoms with van der Waals surface area (Å²) in [5, 5.41) is 5.95. The van der Waals surface area contributed by atoms with Crippen molar-refractivity contribution in [3.8, 4) is 5.75 Å². The number of benzene rings is 2. The molecular formula is C23H20N4O6. The van der Waals surface area contributed by atoms with Gasteiger partial charge in [-0.2, -0.15) is 5.10 Å². The molecule has 0 aliphatic rings. The van der Waals surface area contributed by atoms with Crippen molar-refractivity contribution in [2.45, 2.75) is 13.3 Å². The van der Waals surface area contributed by atoms with Gasteiger partial charge in [-0.25, -0.2) is 9.48 Å². The Morgan fingerprint density at radius 2 is 1.73 bits per heavy atom. The Balaban J connectivity index is 1.35. The highest BCUT2D eigenvalue weighted by Gasteiger charge is 2.13. The second-order valence-corrected chi connectivity index (χ2v) is 7.39. The van der Waals surface area contributed by atoms with Crippen molar-refractivity contribution in [3.63, 3.8) is 0 Å². The summed E-state index contributed by atoms with van der Waals surface area (Å²) in [5.74, 6) is -0.770. The summed E-state index contributed by atoms with van der Waals surface area (Å²) in [6.45, 7) is 1.42. The molecule has 2 aromatic heterocycles. The van der Waals surface area contributed by atoms with Gasteiger partial charge < -0.3 is 9.15 Å². The van der Waals surface area contributed by atoms with Crippen LogP contribution in [0.3, 0.4) is 0 Å². The fourth-order valence-electron chi connectivity index (χ4n) is 3.42. The molecule has 0 atom stereocenters. The number of nitrogens with one attached hydrogen (secondary N) is 2. The standard InChI is InChI=1S/C23H20N4O6/c1-13-9-22(30)33-19-10-14(7-8-15(13)19)32-12-21(29)25-24-20(28)11-18-16-5-3-4-6-17(16)23(31)27(2)26-18/h3-10H,11-12H2,1-2H3,(H,24,28)(H,25,29). The van der Waals surface area contributed by atoms with Crippen molar-refractivity contribution in [2.75, 3.05) is 6.61 Å². The van der Waals surface area contributed by atoms with Gasteiger partial charge in [-0.05, 0) is 30.7 Å². The Kier molecular flexibility index (Phi) is 5.90. The molecule has 2 N–H and O–H groups in total. The number of aromatic nitrogens is 2. The molecule has 10 heteroatoms. The van der Waals surface area contributed by atoms with E-state index in [1.807, 2.05) is 0 Å². The van der Waals surface area contributed by atoms with Crippen LogP contribution < -0.4 is 26.8 Å². The zero-order chi connectivity index (χ0) is 23.5. The van der Waals surface area contributed by atoms with Crippen molar-refractivity contribution >= 4 is 33.6 Å². The summed E-state index contributed by atoms with van der Waals surface area (Å²) in [6.07, 6.45) is -0.140. The lowest BCUT2D eigenvalue weighted by Gasteiger charge is -2.10. The van der Waals surface area contributed by atoms with E-state index >= 15 is 0 Å². The fraction of sp³-hybridized carbons (Fsp3) is 0.174. The first-order chi connectivity index (χ1) is 15.8. The quantitative estimate of drug-likeness (QED) is 0.345. The molecule has 10 nitrogen and oxygen atoms in total. The molecule has 0 radical (unpaired) electrons. The molecule has 168 valence electrons. The molecule has 0 bridgehead atoms. The highest BCUT2D eigenvalue weighted by molar-refractivity contribution is 5.89. The van der Waals surface area contributed by atoms with E-state index < -0.39 is 17.4 Å². The highest BCUT2D eigenvalue weighted by atomic mass is 16.5. The van der Waals surface area contributed by atoms with Crippen molar-refractivity contribution in [1.82, 2.24) is 20.6 Å². The molecule has 2 aromatic carbocycles. The predicted molar refractivity (Wildman–Crippen MR) is 120 cm³/mol. The maximum absolute atomic E-state index is 12.3. The van der Waals surface area contributed by atoms with E-state index in [0.29, 0.717) is 27.8 Å². The highest BCUT2D eigenvalue weighted by Crippen LogP contribution is 2.22. The Labute approximate surface area is 186 Å². The molecule has 0 spiro atoms. The van der Waals surface area contributed by atoms with Crippen LogP contribution in [-0.2, 0) is 23.1 Å². The van der Waals surface area contributed by atoms with Crippen LogP contribution in [0.15, 0.2) is 62.5 Å². The Morgan fingerprint density at radius 1 is 1.00 bits per heavy atom. The molecule has 0 aliphatic heterocycles. The van der Waals surface area contributed by atoms with Crippen molar-refractivity contribution in [3.05, 3.63) is 80.6 Å². The number of aryl methyl sites for hydroxylation is 2. The van der Waals surface area contributed by atoms with Crippen LogP contribution in [-0.4, -0.2) is 28.2 Å². The first kappa shape index (κ1) is 21.8. The van der Waals surface area contributed by atoms with E-state index in [4.69, 9.17) is 9.15 Å². The van der Waals surface area contributed by atoms with E-state index in [0.717, 1.165) is 10.9 Å². The lowest BCUT2D eigenvalue weighted by molar-refractivity contribution is -0.129. The number of hydrogen-bond acceptors (Lipinski definition) is 7. The first-order valence-electron chi connectivity index (χ1n) is 10.0. The van der Waals surface area contributed by atoms with Gasteiger partial charge in [-0.15, -0.1) is 0 Å². The lowest BCUT2D eigenvalue weighted by Crippen LogP contribution is -2.44. The number of hydrogen-bond donors (Lipinski definition) is 2. The monoisotopic (exact) mass is 448 g/mol. The second-order valence-electron chi connectivity index (χ2n) is 7.39. The average Bonchev–Trinajstić information content (AvgIpc) is 2.79. The number of carbonyl (C=O) groups excluding carboxylic acids is 2. The SMILES string of the molecule is Cc1cc(=O)oc2cc(OCC(=O)NNC(=O)Cc3nn(C)c(=O)c4ccccc34)ccc12. The van der Waals surface area contributed by atoms with Gasteiger partial charge in [0.1, 0.15) is 11.3 Å². The van der Waals surface area contributed by atoms with Crippen molar-refractivity contribution in [1.29, 1.82) is 0 Å². The number of ether oxygens (including phenoxy) is 1. The van der Waals surface area contributed by atoms with E-state index in [1.54, 1.807) is 43.3 Å². The molecule has 4 rings (SSSR count). The van der Waals surface area contributed by atoms with Crippen molar-refractivity contribution < 1.29 is 18.7 Å². The molecule has 0 saturated heterocycles. The van der Waals surface area contributed by atoms with Gasteiger partial charge in [-0.3, -0.25) is 25.2 Å². The molecule has 0 unspecified atom stereocenters. The Morgan fingerprint density at radius 3 is 2.52 bits per heavy atom. The minimum absolute atomic E-state index is 0.140. The third kappa shape index (κ3) is 4.74. The number of rotatable bonds is 5. The third-order valence-electron chi connectivity index (χ3n) is 5.00. The van der Waals surface area contributed by atoms with E-state index in [2.05, 4.69) is 16.0 Å². The molecule has 0 saturated carbocycles. The first-order valence-corrected chi connectivity index (χ1v) is 10.0. The average molecular weight is 448 g/mol. The summed E-state index contributed by atoms with van der Waals surface area (Å²) >= 11 is 0. The maximum atomic E-state index is 12.3. The summed E-state index contributed by atoms with van der Waals surface area (Å²) in [4.78, 5) is 48.1. The Hall–Kier alpha value is -4.47. The molecule has 33 heavy (non-hydrogen) atoms. The number of carbonyl (C=O) groups is 2.